The van der Waals surface area contributed by atoms with Crippen molar-refractivity contribution >= 4 is 17.5 Å². The van der Waals surface area contributed by atoms with Gasteiger partial charge in [0.25, 0.3) is 5.91 Å². The third-order valence-electron chi connectivity index (χ3n) is 4.56. The summed E-state index contributed by atoms with van der Waals surface area (Å²) in [6, 6.07) is 12.7. The van der Waals surface area contributed by atoms with E-state index in [4.69, 9.17) is 5.73 Å². The molecule has 1 saturated heterocycles. The number of amides is 2. The Morgan fingerprint density at radius 1 is 1.08 bits per heavy atom. The van der Waals surface area contributed by atoms with Crippen molar-refractivity contribution in [1.82, 2.24) is 4.90 Å². The first kappa shape index (κ1) is 17.2. The minimum absolute atomic E-state index is 0.187. The van der Waals surface area contributed by atoms with E-state index < -0.39 is 5.91 Å². The van der Waals surface area contributed by atoms with Crippen molar-refractivity contribution < 1.29 is 9.59 Å². The summed E-state index contributed by atoms with van der Waals surface area (Å²) >= 11 is 0. The van der Waals surface area contributed by atoms with Crippen molar-refractivity contribution in [3.63, 3.8) is 0 Å². The van der Waals surface area contributed by atoms with Gasteiger partial charge in [-0.3, -0.25) is 14.5 Å². The van der Waals surface area contributed by atoms with E-state index in [9.17, 15) is 9.59 Å². The fourth-order valence-corrected chi connectivity index (χ4v) is 3.11. The van der Waals surface area contributed by atoms with Crippen LogP contribution in [0, 0.1) is 6.92 Å². The summed E-state index contributed by atoms with van der Waals surface area (Å²) in [6.45, 7) is 4.99. The molecule has 1 aliphatic rings. The minimum Gasteiger partial charge on any atom is -0.366 e. The average Bonchev–Trinajstić information content (AvgIpc) is 3.09. The summed E-state index contributed by atoms with van der Waals surface area (Å²) in [7, 11) is 0. The summed E-state index contributed by atoms with van der Waals surface area (Å²) < 4.78 is 0. The number of benzene rings is 2. The molecule has 1 fully saturated rings. The van der Waals surface area contributed by atoms with Crippen LogP contribution in [0.4, 0.5) is 5.69 Å². The van der Waals surface area contributed by atoms with Crippen molar-refractivity contribution in [3.8, 4) is 0 Å². The molecule has 25 heavy (non-hydrogen) atoms. The van der Waals surface area contributed by atoms with Gasteiger partial charge in [-0.1, -0.05) is 18.2 Å². The van der Waals surface area contributed by atoms with Gasteiger partial charge >= 0.3 is 0 Å². The van der Waals surface area contributed by atoms with Crippen LogP contribution in [0.3, 0.4) is 0 Å². The predicted molar refractivity (Wildman–Crippen MR) is 98.6 cm³/mol. The number of carbonyl (C=O) groups excluding carboxylic acids is 2. The minimum atomic E-state index is -0.511. The topological polar surface area (TPSA) is 75.4 Å². The number of anilines is 1. The van der Waals surface area contributed by atoms with Gasteiger partial charge in [0.1, 0.15) is 0 Å². The molecule has 2 aromatic carbocycles. The number of likely N-dealkylation sites (tertiary alicyclic amines) is 1. The van der Waals surface area contributed by atoms with E-state index in [1.165, 1.54) is 12.8 Å². The van der Waals surface area contributed by atoms with Gasteiger partial charge in [0.05, 0.1) is 0 Å². The molecule has 2 amide bonds. The quantitative estimate of drug-likeness (QED) is 0.881. The van der Waals surface area contributed by atoms with Gasteiger partial charge < -0.3 is 11.1 Å². The molecule has 130 valence electrons. The molecule has 0 unspecified atom stereocenters. The average molecular weight is 337 g/mol. The second kappa shape index (κ2) is 7.49. The van der Waals surface area contributed by atoms with Crippen LogP contribution in [-0.4, -0.2) is 29.8 Å². The molecule has 0 aromatic heterocycles. The van der Waals surface area contributed by atoms with Crippen molar-refractivity contribution in [2.75, 3.05) is 18.4 Å². The smallest absolute Gasteiger partial charge is 0.255 e. The number of nitrogens with zero attached hydrogens (tertiary/aromatic N) is 1. The van der Waals surface area contributed by atoms with Crippen LogP contribution in [0.1, 0.15) is 44.7 Å². The van der Waals surface area contributed by atoms with Crippen molar-refractivity contribution in [3.05, 3.63) is 64.7 Å². The maximum atomic E-state index is 12.6. The zero-order valence-corrected chi connectivity index (χ0v) is 14.4. The number of nitrogens with two attached hydrogens (primary N) is 1. The van der Waals surface area contributed by atoms with Gasteiger partial charge in [-0.05, 0) is 68.2 Å². The van der Waals surface area contributed by atoms with Crippen LogP contribution in [-0.2, 0) is 6.54 Å². The fraction of sp³-hybridized carbons (Fsp3) is 0.300. The SMILES string of the molecule is Cc1ccc(C(N)=O)cc1NC(=O)c1cccc(CN2CCCC2)c1. The Kier molecular flexibility index (Phi) is 5.14. The molecule has 0 saturated carbocycles. The molecule has 0 aliphatic carbocycles. The number of carbonyl (C=O) groups is 2. The van der Waals surface area contributed by atoms with Crippen LogP contribution in [0.2, 0.25) is 0 Å². The molecular formula is C20H23N3O2. The lowest BCUT2D eigenvalue weighted by Gasteiger charge is -2.15. The van der Waals surface area contributed by atoms with Gasteiger partial charge in [0, 0.05) is 23.4 Å². The highest BCUT2D eigenvalue weighted by molar-refractivity contribution is 6.05. The molecule has 1 heterocycles. The zero-order valence-electron chi connectivity index (χ0n) is 14.4. The van der Waals surface area contributed by atoms with Gasteiger partial charge in [-0.25, -0.2) is 0 Å². The number of aryl methyl sites for hydroxylation is 1. The number of nitrogens with one attached hydrogen (secondary N) is 1. The van der Waals surface area contributed by atoms with E-state index in [1.54, 1.807) is 24.3 Å². The van der Waals surface area contributed by atoms with Crippen molar-refractivity contribution in [2.45, 2.75) is 26.3 Å². The van der Waals surface area contributed by atoms with Crippen LogP contribution in [0.15, 0.2) is 42.5 Å². The van der Waals surface area contributed by atoms with Crippen molar-refractivity contribution in [1.29, 1.82) is 0 Å². The van der Waals surface area contributed by atoms with Gasteiger partial charge in [-0.2, -0.15) is 0 Å². The van der Waals surface area contributed by atoms with Crippen molar-refractivity contribution in [2.24, 2.45) is 5.73 Å². The molecule has 1 aliphatic heterocycles. The Bertz CT molecular complexity index is 795. The first-order chi connectivity index (χ1) is 12.0. The molecule has 5 heteroatoms. The van der Waals surface area contributed by atoms with E-state index in [1.807, 2.05) is 25.1 Å². The van der Waals surface area contributed by atoms with Gasteiger partial charge in [0.2, 0.25) is 5.91 Å². The van der Waals surface area contributed by atoms with E-state index in [0.717, 1.165) is 30.8 Å². The summed E-state index contributed by atoms with van der Waals surface area (Å²) in [6.07, 6.45) is 2.49. The summed E-state index contributed by atoms with van der Waals surface area (Å²) in [5, 5.41) is 2.88. The molecule has 0 radical (unpaired) electrons. The summed E-state index contributed by atoms with van der Waals surface area (Å²) in [5.41, 5.74) is 8.93. The predicted octanol–water partition coefficient (Wildman–Crippen LogP) is 2.94. The van der Waals surface area contributed by atoms with Crippen LogP contribution in [0.25, 0.3) is 0 Å². The largest absolute Gasteiger partial charge is 0.366 e. The van der Waals surface area contributed by atoms with Gasteiger partial charge in [0.15, 0.2) is 0 Å². The second-order valence-electron chi connectivity index (χ2n) is 6.53. The normalized spacial score (nSPS) is 14.4. The lowest BCUT2D eigenvalue weighted by molar-refractivity contribution is 0.0996. The number of rotatable bonds is 5. The number of hydrogen-bond acceptors (Lipinski definition) is 3. The molecule has 0 atom stereocenters. The van der Waals surface area contributed by atoms with Crippen LogP contribution in [0.5, 0.6) is 0 Å². The monoisotopic (exact) mass is 337 g/mol. The van der Waals surface area contributed by atoms with E-state index in [-0.39, 0.29) is 5.91 Å². The van der Waals surface area contributed by atoms with E-state index >= 15 is 0 Å². The fourth-order valence-electron chi connectivity index (χ4n) is 3.11. The molecule has 0 bridgehead atoms. The molecule has 2 aromatic rings. The summed E-state index contributed by atoms with van der Waals surface area (Å²) in [5.74, 6) is -0.698. The molecular weight excluding hydrogens is 314 g/mol. The maximum absolute atomic E-state index is 12.6. The van der Waals surface area contributed by atoms with Crippen LogP contribution < -0.4 is 11.1 Å². The molecule has 5 nitrogen and oxygen atoms in total. The third kappa shape index (κ3) is 4.25. The molecule has 3 rings (SSSR count). The van der Waals surface area contributed by atoms with Gasteiger partial charge in [-0.15, -0.1) is 0 Å². The Morgan fingerprint density at radius 2 is 1.84 bits per heavy atom. The highest BCUT2D eigenvalue weighted by Crippen LogP contribution is 2.19. The number of primary amides is 1. The highest BCUT2D eigenvalue weighted by atomic mass is 16.2. The molecule has 0 spiro atoms. The first-order valence-electron chi connectivity index (χ1n) is 8.56. The maximum Gasteiger partial charge on any atom is 0.255 e. The standard InChI is InChI=1S/C20H23N3O2/c1-14-7-8-16(19(21)24)12-18(14)22-20(25)17-6-4-5-15(11-17)13-23-9-2-3-10-23/h4-8,11-12H,2-3,9-10,13H2,1H3,(H2,21,24)(H,22,25). The lowest BCUT2D eigenvalue weighted by Crippen LogP contribution is -2.19. The lowest BCUT2D eigenvalue weighted by atomic mass is 10.1. The zero-order chi connectivity index (χ0) is 17.8. The van der Waals surface area contributed by atoms with E-state index in [0.29, 0.717) is 16.8 Å². The molecule has 3 N–H and O–H groups in total. The Hall–Kier alpha value is -2.66. The second-order valence-corrected chi connectivity index (χ2v) is 6.53. The third-order valence-corrected chi connectivity index (χ3v) is 4.56. The van der Waals surface area contributed by atoms with Crippen LogP contribution >= 0.6 is 0 Å². The number of hydrogen-bond donors (Lipinski definition) is 2. The highest BCUT2D eigenvalue weighted by Gasteiger charge is 2.14. The summed E-state index contributed by atoms with van der Waals surface area (Å²) in [4.78, 5) is 26.3. The Labute approximate surface area is 147 Å². The Morgan fingerprint density at radius 3 is 2.56 bits per heavy atom. The Balaban J connectivity index is 1.75. The first-order valence-corrected chi connectivity index (χ1v) is 8.56. The van der Waals surface area contributed by atoms with E-state index in [2.05, 4.69) is 10.2 Å².